The highest BCUT2D eigenvalue weighted by atomic mass is 16.7. The maximum atomic E-state index is 5.69. The molecule has 1 aromatic heterocycles. The van der Waals surface area contributed by atoms with Gasteiger partial charge >= 0.3 is 0 Å². The number of aliphatic imine (C=N–C) groups is 1. The molecule has 2 aliphatic heterocycles. The summed E-state index contributed by atoms with van der Waals surface area (Å²) < 4.78 is 22.3. The summed E-state index contributed by atoms with van der Waals surface area (Å²) in [7, 11) is 0. The van der Waals surface area contributed by atoms with Gasteiger partial charge in [0.2, 0.25) is 6.79 Å². The van der Waals surface area contributed by atoms with Crippen LogP contribution in [0.5, 0.6) is 11.5 Å². The molecule has 1 fully saturated rings. The monoisotopic (exact) mass is 442 g/mol. The van der Waals surface area contributed by atoms with E-state index >= 15 is 0 Å². The summed E-state index contributed by atoms with van der Waals surface area (Å²) in [4.78, 5) is 4.86. The van der Waals surface area contributed by atoms with Crippen molar-refractivity contribution in [2.45, 2.75) is 58.4 Å². The first-order valence-corrected chi connectivity index (χ1v) is 11.7. The van der Waals surface area contributed by atoms with Crippen molar-refractivity contribution in [1.82, 2.24) is 15.8 Å². The second kappa shape index (κ2) is 10.3. The van der Waals surface area contributed by atoms with Gasteiger partial charge in [0.1, 0.15) is 5.76 Å². The maximum Gasteiger partial charge on any atom is 0.231 e. The second-order valence-electron chi connectivity index (χ2n) is 8.25. The van der Waals surface area contributed by atoms with Gasteiger partial charge in [0, 0.05) is 43.7 Å². The number of ether oxygens (including phenoxy) is 3. The van der Waals surface area contributed by atoms with Crippen LogP contribution in [0.25, 0.3) is 0 Å². The first-order chi connectivity index (χ1) is 15.7. The Kier molecular flexibility index (Phi) is 7.19. The molecule has 1 aromatic carbocycles. The van der Waals surface area contributed by atoms with E-state index in [0.717, 1.165) is 86.5 Å². The predicted octanol–water partition coefficient (Wildman–Crippen LogP) is 3.33. The number of hydrogen-bond acceptors (Lipinski definition) is 6. The second-order valence-corrected chi connectivity index (χ2v) is 8.25. The Morgan fingerprint density at radius 2 is 1.88 bits per heavy atom. The van der Waals surface area contributed by atoms with E-state index in [1.54, 1.807) is 0 Å². The molecule has 32 heavy (non-hydrogen) atoms. The molecule has 0 aliphatic carbocycles. The van der Waals surface area contributed by atoms with Crippen LogP contribution in [-0.4, -0.2) is 44.2 Å². The van der Waals surface area contributed by atoms with Crippen LogP contribution < -0.4 is 20.1 Å². The van der Waals surface area contributed by atoms with E-state index in [-0.39, 0.29) is 12.2 Å². The third-order valence-corrected chi connectivity index (χ3v) is 6.38. The molecule has 0 unspecified atom stereocenters. The molecule has 0 saturated carbocycles. The van der Waals surface area contributed by atoms with Crippen molar-refractivity contribution in [3.05, 3.63) is 40.8 Å². The largest absolute Gasteiger partial charge is 0.454 e. The zero-order valence-electron chi connectivity index (χ0n) is 19.3. The van der Waals surface area contributed by atoms with Crippen LogP contribution in [0.3, 0.4) is 0 Å². The Balaban J connectivity index is 1.53. The number of aromatic nitrogens is 1. The van der Waals surface area contributed by atoms with Gasteiger partial charge in [0.15, 0.2) is 17.5 Å². The fourth-order valence-electron chi connectivity index (χ4n) is 4.43. The van der Waals surface area contributed by atoms with Crippen molar-refractivity contribution in [3.8, 4) is 11.5 Å². The van der Waals surface area contributed by atoms with Gasteiger partial charge in [-0.3, -0.25) is 0 Å². The molecule has 2 aliphatic rings. The van der Waals surface area contributed by atoms with Crippen LogP contribution in [0.1, 0.15) is 56.2 Å². The quantitative estimate of drug-likeness (QED) is 0.479. The minimum atomic E-state index is -0.0597. The average molecular weight is 443 g/mol. The number of benzene rings is 1. The van der Waals surface area contributed by atoms with Gasteiger partial charge in [-0.05, 0) is 43.9 Å². The van der Waals surface area contributed by atoms with E-state index in [1.165, 1.54) is 5.56 Å². The lowest BCUT2D eigenvalue weighted by molar-refractivity contribution is 0.0513. The summed E-state index contributed by atoms with van der Waals surface area (Å²) in [6.07, 6.45) is 3.52. The molecule has 1 saturated heterocycles. The minimum absolute atomic E-state index is 0.0597. The number of aryl methyl sites for hydroxylation is 2. The highest BCUT2D eigenvalue weighted by Crippen LogP contribution is 2.40. The fourth-order valence-corrected chi connectivity index (χ4v) is 4.43. The van der Waals surface area contributed by atoms with Gasteiger partial charge in [0.25, 0.3) is 0 Å². The third-order valence-electron chi connectivity index (χ3n) is 6.38. The van der Waals surface area contributed by atoms with E-state index in [0.29, 0.717) is 6.54 Å². The van der Waals surface area contributed by atoms with E-state index in [2.05, 4.69) is 48.7 Å². The first-order valence-electron chi connectivity index (χ1n) is 11.7. The summed E-state index contributed by atoms with van der Waals surface area (Å²) in [5.41, 5.74) is 3.27. The van der Waals surface area contributed by atoms with E-state index < -0.39 is 0 Å². The number of fused-ring (bicyclic) bond motifs is 1. The summed E-state index contributed by atoms with van der Waals surface area (Å²) in [5.74, 6) is 3.35. The molecule has 0 spiro atoms. The number of nitrogens with one attached hydrogen (secondary N) is 2. The Morgan fingerprint density at radius 1 is 1.06 bits per heavy atom. The summed E-state index contributed by atoms with van der Waals surface area (Å²) in [6.45, 7) is 10.1. The highest BCUT2D eigenvalue weighted by molar-refractivity contribution is 5.80. The Hall–Kier alpha value is -2.74. The predicted molar refractivity (Wildman–Crippen MR) is 122 cm³/mol. The number of guanidine groups is 1. The molecule has 174 valence electrons. The molecule has 8 heteroatoms. The Morgan fingerprint density at radius 3 is 2.62 bits per heavy atom. The number of hydrogen-bond donors (Lipinski definition) is 2. The molecule has 8 nitrogen and oxygen atoms in total. The standard InChI is InChI=1S/C24H34N4O4/c1-4-19-18(20(5-2)32-28-19)14-26-23(25-6-3)27-15-24(9-11-29-12-10-24)17-7-8-21-22(13-17)31-16-30-21/h7-8,13H,4-6,9-12,14-16H2,1-3H3,(H2,25,26,27). The summed E-state index contributed by atoms with van der Waals surface area (Å²) in [5, 5.41) is 11.2. The Bertz CT molecular complexity index is 913. The smallest absolute Gasteiger partial charge is 0.231 e. The van der Waals surface area contributed by atoms with Gasteiger partial charge in [-0.2, -0.15) is 0 Å². The average Bonchev–Trinajstić information content (AvgIpc) is 3.47. The van der Waals surface area contributed by atoms with Crippen LogP contribution in [0, 0.1) is 0 Å². The Labute approximate surface area is 189 Å². The highest BCUT2D eigenvalue weighted by Gasteiger charge is 2.36. The number of rotatable bonds is 8. The lowest BCUT2D eigenvalue weighted by atomic mass is 9.74. The van der Waals surface area contributed by atoms with Crippen molar-refractivity contribution < 1.29 is 18.7 Å². The number of nitrogens with zero attached hydrogens (tertiary/aromatic N) is 2. The topological polar surface area (TPSA) is 90.1 Å². The van der Waals surface area contributed by atoms with Gasteiger partial charge in [0.05, 0.1) is 12.2 Å². The SMILES string of the molecule is CCNC(=NCc1c(CC)noc1CC)NCC1(c2ccc3c(c2)OCO3)CCOCC1. The molecule has 0 bridgehead atoms. The van der Waals surface area contributed by atoms with Gasteiger partial charge < -0.3 is 29.4 Å². The molecule has 0 radical (unpaired) electrons. The van der Waals surface area contributed by atoms with Crippen molar-refractivity contribution in [2.24, 2.45) is 4.99 Å². The lowest BCUT2D eigenvalue weighted by Crippen LogP contribution is -2.48. The molecular formula is C24H34N4O4. The molecule has 0 amide bonds. The zero-order valence-corrected chi connectivity index (χ0v) is 19.3. The maximum absolute atomic E-state index is 5.69. The van der Waals surface area contributed by atoms with Gasteiger partial charge in [-0.1, -0.05) is 25.1 Å². The van der Waals surface area contributed by atoms with Crippen molar-refractivity contribution >= 4 is 5.96 Å². The van der Waals surface area contributed by atoms with Gasteiger partial charge in [-0.15, -0.1) is 0 Å². The van der Waals surface area contributed by atoms with E-state index in [9.17, 15) is 0 Å². The molecule has 2 N–H and O–H groups in total. The van der Waals surface area contributed by atoms with Crippen LogP contribution in [0.15, 0.2) is 27.7 Å². The van der Waals surface area contributed by atoms with Crippen LogP contribution in [-0.2, 0) is 29.5 Å². The molecular weight excluding hydrogens is 408 g/mol. The van der Waals surface area contributed by atoms with E-state index in [4.69, 9.17) is 23.7 Å². The van der Waals surface area contributed by atoms with Crippen molar-refractivity contribution in [2.75, 3.05) is 33.1 Å². The van der Waals surface area contributed by atoms with Crippen LogP contribution in [0.2, 0.25) is 0 Å². The first kappa shape index (κ1) is 22.5. The fraction of sp³-hybridized carbons (Fsp3) is 0.583. The summed E-state index contributed by atoms with van der Waals surface area (Å²) in [6, 6.07) is 6.29. The zero-order chi connectivity index (χ0) is 22.4. The van der Waals surface area contributed by atoms with E-state index in [1.807, 2.05) is 6.07 Å². The lowest BCUT2D eigenvalue weighted by Gasteiger charge is -2.38. The minimum Gasteiger partial charge on any atom is -0.454 e. The third kappa shape index (κ3) is 4.70. The normalized spacial score (nSPS) is 17.4. The van der Waals surface area contributed by atoms with Gasteiger partial charge in [-0.25, -0.2) is 4.99 Å². The molecule has 0 atom stereocenters. The molecule has 4 rings (SSSR count). The molecule has 3 heterocycles. The van der Waals surface area contributed by atoms with Crippen molar-refractivity contribution in [1.29, 1.82) is 0 Å². The van der Waals surface area contributed by atoms with Crippen LogP contribution in [0.4, 0.5) is 0 Å². The summed E-state index contributed by atoms with van der Waals surface area (Å²) >= 11 is 0. The molecule has 2 aromatic rings. The van der Waals surface area contributed by atoms with Crippen molar-refractivity contribution in [3.63, 3.8) is 0 Å². The van der Waals surface area contributed by atoms with Crippen LogP contribution >= 0.6 is 0 Å².